The first-order chi connectivity index (χ1) is 29.7. The second-order valence-corrected chi connectivity index (χ2v) is 18.5. The minimum absolute atomic E-state index is 0.0158. The van der Waals surface area contributed by atoms with Crippen LogP contribution in [-0.2, 0) is 9.59 Å². The number of piperidine rings is 2. The molecule has 1 unspecified atom stereocenters. The van der Waals surface area contributed by atoms with Crippen molar-refractivity contribution in [3.8, 4) is 11.8 Å². The van der Waals surface area contributed by atoms with E-state index >= 15 is 0 Å². The molecule has 6 heterocycles. The summed E-state index contributed by atoms with van der Waals surface area (Å²) in [6.07, 6.45) is 4.90. The molecule has 4 fully saturated rings. The maximum atomic E-state index is 14.5. The summed E-state index contributed by atoms with van der Waals surface area (Å²) in [5.41, 5.74) is 6.71. The van der Waals surface area contributed by atoms with Crippen LogP contribution in [0.4, 0.5) is 11.5 Å². The third-order valence-corrected chi connectivity index (χ3v) is 14.0. The Bertz CT molecular complexity index is 2520. The van der Waals surface area contributed by atoms with Crippen LogP contribution in [0.15, 0.2) is 67.0 Å². The maximum Gasteiger partial charge on any atom is 0.262 e. The fourth-order valence-electron chi connectivity index (χ4n) is 11.2. The van der Waals surface area contributed by atoms with Gasteiger partial charge in [0, 0.05) is 86.5 Å². The number of hydrogen-bond acceptors (Lipinski definition) is 12. The molecule has 5 amide bonds. The lowest BCUT2D eigenvalue weighted by atomic mass is 9.48. The van der Waals surface area contributed by atoms with Gasteiger partial charge in [0.25, 0.3) is 17.7 Å². The smallest absolute Gasteiger partial charge is 0.262 e. The van der Waals surface area contributed by atoms with Crippen LogP contribution < -0.4 is 20.3 Å². The number of carbonyl (C=O) groups excluding carboxylic acids is 5. The minimum atomic E-state index is -1.11. The van der Waals surface area contributed by atoms with Crippen molar-refractivity contribution < 1.29 is 28.7 Å². The summed E-state index contributed by atoms with van der Waals surface area (Å²) in [6.45, 7) is 13.9. The number of pyridine rings is 2. The molecule has 15 heteroatoms. The second kappa shape index (κ2) is 15.5. The molecule has 2 aromatic carbocycles. The molecule has 320 valence electrons. The van der Waals surface area contributed by atoms with E-state index in [4.69, 9.17) is 10.5 Å². The average molecular weight is 838 g/mol. The molecule has 0 spiro atoms. The van der Waals surface area contributed by atoms with Crippen LogP contribution in [0.1, 0.15) is 90.0 Å². The van der Waals surface area contributed by atoms with Crippen molar-refractivity contribution in [2.24, 2.45) is 22.5 Å². The number of likely N-dealkylation sites (tertiary alicyclic amines) is 1. The van der Waals surface area contributed by atoms with Crippen molar-refractivity contribution in [2.45, 2.75) is 71.6 Å². The Hall–Kier alpha value is -6.40. The Kier molecular flexibility index (Phi) is 10.2. The summed E-state index contributed by atoms with van der Waals surface area (Å²) >= 11 is 0. The van der Waals surface area contributed by atoms with E-state index in [0.29, 0.717) is 33.7 Å². The minimum Gasteiger partial charge on any atom is -0.488 e. The van der Waals surface area contributed by atoms with E-state index in [1.165, 1.54) is 11.1 Å². The number of aromatic nitrogens is 2. The second-order valence-electron chi connectivity index (χ2n) is 18.5. The van der Waals surface area contributed by atoms with Crippen molar-refractivity contribution in [3.05, 3.63) is 89.2 Å². The van der Waals surface area contributed by atoms with Gasteiger partial charge in [-0.1, -0.05) is 27.7 Å². The summed E-state index contributed by atoms with van der Waals surface area (Å²) < 4.78 is 6.68. The molecule has 4 aromatic rings. The fourth-order valence-corrected chi connectivity index (χ4v) is 11.2. The molecule has 9 rings (SSSR count). The maximum absolute atomic E-state index is 14.5. The summed E-state index contributed by atoms with van der Waals surface area (Å²) in [4.78, 5) is 86.0. The molecule has 5 aliphatic rings. The molecule has 3 saturated heterocycles. The molecule has 4 aliphatic heterocycles. The van der Waals surface area contributed by atoms with Crippen LogP contribution in [0.25, 0.3) is 10.9 Å². The number of fused-ring (bicyclic) bond motifs is 2. The molecule has 62 heavy (non-hydrogen) atoms. The van der Waals surface area contributed by atoms with E-state index in [-0.39, 0.29) is 29.9 Å². The van der Waals surface area contributed by atoms with Gasteiger partial charge in [-0.25, -0.2) is 4.98 Å². The molecule has 0 bridgehead atoms. The number of hydrogen-bond donors (Lipinski definition) is 1. The lowest BCUT2D eigenvalue weighted by Gasteiger charge is -2.66. The van der Waals surface area contributed by atoms with Crippen molar-refractivity contribution in [2.75, 3.05) is 55.6 Å². The van der Waals surface area contributed by atoms with E-state index in [1.54, 1.807) is 42.6 Å². The topological polar surface area (TPSA) is 186 Å². The Morgan fingerprint density at radius 2 is 1.56 bits per heavy atom. The molecule has 0 radical (unpaired) electrons. The Balaban J connectivity index is 0.834. The molecule has 1 atom stereocenters. The number of benzene rings is 2. The number of primary amides is 1. The van der Waals surface area contributed by atoms with Crippen LogP contribution in [0.2, 0.25) is 0 Å². The Morgan fingerprint density at radius 3 is 2.24 bits per heavy atom. The highest BCUT2D eigenvalue weighted by atomic mass is 16.5. The van der Waals surface area contributed by atoms with Crippen LogP contribution in [-0.4, -0.2) is 118 Å². The van der Waals surface area contributed by atoms with Gasteiger partial charge in [-0.05, 0) is 79.8 Å². The molecule has 2 N–H and O–H groups in total. The monoisotopic (exact) mass is 837 g/mol. The predicted molar refractivity (Wildman–Crippen MR) is 230 cm³/mol. The molecule has 15 nitrogen and oxygen atoms in total. The van der Waals surface area contributed by atoms with Gasteiger partial charge < -0.3 is 20.3 Å². The quantitative estimate of drug-likeness (QED) is 0.231. The van der Waals surface area contributed by atoms with Gasteiger partial charge in [0.15, 0.2) is 0 Å². The standard InChI is InChI=1S/C47H51N9O6/c1-46(2)44(47(3,4)45(46)62-36-12-7-29(25-48)39-33(36)6-5-17-50-39)56-38(57)14-11-35(43(56)61)55-41(59)32-10-9-31(24-34(32)42(55)60)53-22-20-52(21-23-53)27-28-15-18-54(19-16-28)37-13-8-30(26-51-37)40(49)58/h5-10,12-13,17,24,26,28,35,44-45H,11,14-16,18-23,27H2,1-4H3,(H2,49,58). The lowest BCUT2D eigenvalue weighted by Crippen LogP contribution is -2.77. The van der Waals surface area contributed by atoms with Crippen molar-refractivity contribution in [1.82, 2.24) is 24.7 Å². The largest absolute Gasteiger partial charge is 0.488 e. The zero-order valence-corrected chi connectivity index (χ0v) is 35.5. The van der Waals surface area contributed by atoms with Gasteiger partial charge in [0.1, 0.15) is 29.8 Å². The number of imide groups is 2. The van der Waals surface area contributed by atoms with Gasteiger partial charge in [-0.3, -0.25) is 43.7 Å². The van der Waals surface area contributed by atoms with Gasteiger partial charge in [-0.15, -0.1) is 0 Å². The number of piperazine rings is 1. The first-order valence-corrected chi connectivity index (χ1v) is 21.5. The summed E-state index contributed by atoms with van der Waals surface area (Å²) in [5.74, 6) is -0.427. The van der Waals surface area contributed by atoms with Crippen LogP contribution in [0.3, 0.4) is 0 Å². The highest BCUT2D eigenvalue weighted by Gasteiger charge is 2.68. The van der Waals surface area contributed by atoms with Gasteiger partial charge >= 0.3 is 0 Å². The lowest BCUT2D eigenvalue weighted by molar-refractivity contribution is -0.215. The molecule has 2 aromatic heterocycles. The fraction of sp³-hybridized carbons (Fsp3) is 0.447. The molecule has 1 saturated carbocycles. The van der Waals surface area contributed by atoms with E-state index in [2.05, 4.69) is 30.7 Å². The summed E-state index contributed by atoms with van der Waals surface area (Å²) in [7, 11) is 0. The highest BCUT2D eigenvalue weighted by Crippen LogP contribution is 2.59. The van der Waals surface area contributed by atoms with Crippen LogP contribution in [0.5, 0.6) is 5.75 Å². The van der Waals surface area contributed by atoms with Gasteiger partial charge in [-0.2, -0.15) is 5.26 Å². The van der Waals surface area contributed by atoms with Crippen LogP contribution in [0, 0.1) is 28.1 Å². The van der Waals surface area contributed by atoms with Gasteiger partial charge in [0.05, 0.1) is 33.8 Å². The summed E-state index contributed by atoms with van der Waals surface area (Å²) in [6, 6.07) is 16.5. The highest BCUT2D eigenvalue weighted by molar-refractivity contribution is 6.23. The number of nitriles is 1. The number of rotatable bonds is 9. The van der Waals surface area contributed by atoms with E-state index < -0.39 is 52.6 Å². The zero-order valence-electron chi connectivity index (χ0n) is 35.5. The zero-order chi connectivity index (χ0) is 43.7. The van der Waals surface area contributed by atoms with Crippen LogP contribution >= 0.6 is 0 Å². The van der Waals surface area contributed by atoms with E-state index in [0.717, 1.165) is 75.1 Å². The summed E-state index contributed by atoms with van der Waals surface area (Å²) in [5, 5.41) is 10.3. The SMILES string of the molecule is CC1(C)C(Oc2ccc(C#N)c3ncccc23)C(C)(C)C1N1C(=O)CCC(N2C(=O)c3ccc(N4CCN(CC5CCN(c6ccc(C(N)=O)cn6)CC5)CC4)cc3C2=O)C1=O. The van der Waals surface area contributed by atoms with Crippen molar-refractivity contribution in [3.63, 3.8) is 0 Å². The number of amides is 5. The van der Waals surface area contributed by atoms with E-state index in [9.17, 15) is 29.2 Å². The normalized spacial score (nSPS) is 24.0. The van der Waals surface area contributed by atoms with Crippen molar-refractivity contribution >= 4 is 51.9 Å². The first kappa shape index (κ1) is 41.0. The average Bonchev–Trinajstić information content (AvgIpc) is 3.52. The number of nitrogens with zero attached hydrogens (tertiary/aromatic N) is 8. The number of ether oxygens (including phenoxy) is 1. The molecular formula is C47H51N9O6. The first-order valence-electron chi connectivity index (χ1n) is 21.5. The number of carbonyl (C=O) groups is 5. The predicted octanol–water partition coefficient (Wildman–Crippen LogP) is 4.63. The third kappa shape index (κ3) is 6.81. The number of anilines is 2. The Morgan fingerprint density at radius 1 is 0.839 bits per heavy atom. The molecular weight excluding hydrogens is 787 g/mol. The van der Waals surface area contributed by atoms with Crippen molar-refractivity contribution in [1.29, 1.82) is 5.26 Å². The Labute approximate surface area is 360 Å². The third-order valence-electron chi connectivity index (χ3n) is 14.0. The van der Waals surface area contributed by atoms with E-state index in [1.807, 2.05) is 45.9 Å². The number of nitrogens with two attached hydrogens (primary N) is 1. The van der Waals surface area contributed by atoms with Gasteiger partial charge in [0.2, 0.25) is 11.8 Å². The molecule has 1 aliphatic carbocycles.